The fourth-order valence-corrected chi connectivity index (χ4v) is 2.61. The molecule has 2 heterocycles. The number of amides is 1. The van der Waals surface area contributed by atoms with Crippen LogP contribution in [0.3, 0.4) is 0 Å². The number of likely N-dealkylation sites (N-methyl/N-ethyl adjacent to an activating group) is 1. The number of carbonyl (C=O) groups excluding carboxylic acids is 1. The Balaban J connectivity index is 1.87. The lowest BCUT2D eigenvalue weighted by atomic mass is 10.1. The number of hydrogen-bond acceptors (Lipinski definition) is 4. The number of nitrogens with zero attached hydrogens (tertiary/aromatic N) is 2. The van der Waals surface area contributed by atoms with Crippen LogP contribution >= 0.6 is 0 Å². The Kier molecular flexibility index (Phi) is 4.36. The maximum atomic E-state index is 12.3. The van der Waals surface area contributed by atoms with Gasteiger partial charge in [0.15, 0.2) is 0 Å². The van der Waals surface area contributed by atoms with Crippen LogP contribution in [0.5, 0.6) is 0 Å². The second-order valence-electron chi connectivity index (χ2n) is 4.84. The predicted octanol–water partition coefficient (Wildman–Crippen LogP) is -0.473. The summed E-state index contributed by atoms with van der Waals surface area (Å²) in [5, 5.41) is 3.23. The zero-order chi connectivity index (χ0) is 12.3. The molecule has 1 N–H and O–H groups in total. The molecule has 0 saturated carbocycles. The van der Waals surface area contributed by atoms with Crippen LogP contribution in [0.2, 0.25) is 0 Å². The summed E-state index contributed by atoms with van der Waals surface area (Å²) in [6.45, 7) is 10.1. The van der Waals surface area contributed by atoms with E-state index in [1.165, 1.54) is 0 Å². The van der Waals surface area contributed by atoms with E-state index in [1.54, 1.807) is 0 Å². The number of piperazine rings is 1. The Morgan fingerprint density at radius 1 is 1.47 bits per heavy atom. The van der Waals surface area contributed by atoms with E-state index in [1.807, 2.05) is 4.90 Å². The summed E-state index contributed by atoms with van der Waals surface area (Å²) in [4.78, 5) is 16.6. The molecule has 0 radical (unpaired) electrons. The van der Waals surface area contributed by atoms with Crippen molar-refractivity contribution >= 4 is 5.91 Å². The van der Waals surface area contributed by atoms with Crippen LogP contribution in [0.15, 0.2) is 0 Å². The number of carbonyl (C=O) groups is 1. The van der Waals surface area contributed by atoms with Crippen molar-refractivity contribution in [2.75, 3.05) is 45.9 Å². The van der Waals surface area contributed by atoms with Gasteiger partial charge in [0.05, 0.1) is 13.2 Å². The average molecular weight is 241 g/mol. The molecule has 2 atom stereocenters. The summed E-state index contributed by atoms with van der Waals surface area (Å²) >= 11 is 0. The molecule has 0 aliphatic carbocycles. The van der Waals surface area contributed by atoms with Crippen LogP contribution in [0.1, 0.15) is 13.8 Å². The highest BCUT2D eigenvalue weighted by atomic mass is 16.5. The lowest BCUT2D eigenvalue weighted by molar-refractivity contribution is -0.139. The molecule has 5 nitrogen and oxygen atoms in total. The van der Waals surface area contributed by atoms with Crippen molar-refractivity contribution in [2.45, 2.75) is 25.9 Å². The van der Waals surface area contributed by atoms with E-state index in [-0.39, 0.29) is 11.9 Å². The Morgan fingerprint density at radius 3 is 2.88 bits per heavy atom. The minimum absolute atomic E-state index is 0.135. The van der Waals surface area contributed by atoms with Crippen molar-refractivity contribution in [1.29, 1.82) is 0 Å². The zero-order valence-electron chi connectivity index (χ0n) is 10.8. The SMILES string of the molecule is CCN1CCN(C(=O)C2COCCN2)CC1C. The van der Waals surface area contributed by atoms with Gasteiger partial charge in [0.25, 0.3) is 0 Å². The molecule has 1 amide bonds. The monoisotopic (exact) mass is 241 g/mol. The number of hydrogen-bond donors (Lipinski definition) is 1. The number of morpholine rings is 1. The molecule has 0 bridgehead atoms. The molecule has 2 fully saturated rings. The second-order valence-corrected chi connectivity index (χ2v) is 4.84. The summed E-state index contributed by atoms with van der Waals surface area (Å²) in [6, 6.07) is 0.325. The van der Waals surface area contributed by atoms with Gasteiger partial charge in [0, 0.05) is 32.2 Å². The van der Waals surface area contributed by atoms with Crippen LogP contribution in [-0.2, 0) is 9.53 Å². The highest BCUT2D eigenvalue weighted by Crippen LogP contribution is 2.11. The van der Waals surface area contributed by atoms with Gasteiger partial charge in [-0.2, -0.15) is 0 Å². The van der Waals surface area contributed by atoms with Gasteiger partial charge in [-0.25, -0.2) is 0 Å². The number of nitrogens with one attached hydrogen (secondary N) is 1. The molecule has 0 aromatic heterocycles. The smallest absolute Gasteiger partial charge is 0.242 e. The van der Waals surface area contributed by atoms with Gasteiger partial charge in [-0.15, -0.1) is 0 Å². The summed E-state index contributed by atoms with van der Waals surface area (Å²) in [5.41, 5.74) is 0. The van der Waals surface area contributed by atoms with Crippen molar-refractivity contribution in [3.63, 3.8) is 0 Å². The standard InChI is InChI=1S/C12H23N3O2/c1-3-14-5-6-15(8-10(14)2)12(16)11-9-17-7-4-13-11/h10-11,13H,3-9H2,1-2H3. The van der Waals surface area contributed by atoms with Crippen LogP contribution in [-0.4, -0.2) is 73.7 Å². The van der Waals surface area contributed by atoms with E-state index in [2.05, 4.69) is 24.1 Å². The van der Waals surface area contributed by atoms with E-state index in [9.17, 15) is 4.79 Å². The van der Waals surface area contributed by atoms with E-state index in [0.717, 1.165) is 32.7 Å². The molecular weight excluding hydrogens is 218 g/mol. The number of rotatable bonds is 2. The highest BCUT2D eigenvalue weighted by molar-refractivity contribution is 5.82. The molecular formula is C12H23N3O2. The largest absolute Gasteiger partial charge is 0.378 e. The Morgan fingerprint density at radius 2 is 2.29 bits per heavy atom. The van der Waals surface area contributed by atoms with Crippen molar-refractivity contribution in [1.82, 2.24) is 15.1 Å². The Hall–Kier alpha value is -0.650. The number of ether oxygens (including phenoxy) is 1. The Labute approximate surface area is 103 Å². The quantitative estimate of drug-likeness (QED) is 0.710. The Bertz CT molecular complexity index is 266. The molecule has 5 heteroatoms. The molecule has 17 heavy (non-hydrogen) atoms. The highest BCUT2D eigenvalue weighted by Gasteiger charge is 2.30. The average Bonchev–Trinajstić information content (AvgIpc) is 2.39. The van der Waals surface area contributed by atoms with Gasteiger partial charge in [-0.05, 0) is 13.5 Å². The molecule has 2 aliphatic heterocycles. The molecule has 2 saturated heterocycles. The van der Waals surface area contributed by atoms with Gasteiger partial charge in [-0.1, -0.05) is 6.92 Å². The third-order valence-electron chi connectivity index (χ3n) is 3.70. The van der Waals surface area contributed by atoms with Crippen molar-refractivity contribution in [3.8, 4) is 0 Å². The molecule has 98 valence electrons. The maximum Gasteiger partial charge on any atom is 0.242 e. The first-order valence-corrected chi connectivity index (χ1v) is 6.56. The van der Waals surface area contributed by atoms with Crippen LogP contribution < -0.4 is 5.32 Å². The van der Waals surface area contributed by atoms with E-state index in [0.29, 0.717) is 19.3 Å². The fraction of sp³-hybridized carbons (Fsp3) is 0.917. The second kappa shape index (κ2) is 5.80. The van der Waals surface area contributed by atoms with E-state index < -0.39 is 0 Å². The predicted molar refractivity (Wildman–Crippen MR) is 65.9 cm³/mol. The molecule has 0 spiro atoms. The van der Waals surface area contributed by atoms with Gasteiger partial charge in [0.1, 0.15) is 6.04 Å². The third-order valence-corrected chi connectivity index (χ3v) is 3.70. The summed E-state index contributed by atoms with van der Waals surface area (Å²) < 4.78 is 5.34. The van der Waals surface area contributed by atoms with E-state index >= 15 is 0 Å². The normalized spacial score (nSPS) is 31.5. The van der Waals surface area contributed by atoms with Crippen LogP contribution in [0.25, 0.3) is 0 Å². The third kappa shape index (κ3) is 2.97. The zero-order valence-corrected chi connectivity index (χ0v) is 10.8. The summed E-state index contributed by atoms with van der Waals surface area (Å²) in [6.07, 6.45) is 0. The van der Waals surface area contributed by atoms with Gasteiger partial charge < -0.3 is 15.0 Å². The molecule has 2 unspecified atom stereocenters. The lowest BCUT2D eigenvalue weighted by Crippen LogP contribution is -2.59. The summed E-state index contributed by atoms with van der Waals surface area (Å²) in [5.74, 6) is 0.201. The minimum atomic E-state index is -0.135. The minimum Gasteiger partial charge on any atom is -0.378 e. The van der Waals surface area contributed by atoms with E-state index in [4.69, 9.17) is 4.74 Å². The maximum absolute atomic E-state index is 12.3. The van der Waals surface area contributed by atoms with Crippen molar-refractivity contribution in [3.05, 3.63) is 0 Å². The molecule has 2 aliphatic rings. The molecule has 0 aromatic rings. The molecule has 0 aromatic carbocycles. The van der Waals surface area contributed by atoms with Gasteiger partial charge >= 0.3 is 0 Å². The topological polar surface area (TPSA) is 44.8 Å². The first kappa shape index (κ1) is 12.8. The first-order chi connectivity index (χ1) is 8.22. The lowest BCUT2D eigenvalue weighted by Gasteiger charge is -2.41. The van der Waals surface area contributed by atoms with Gasteiger partial charge in [0.2, 0.25) is 5.91 Å². The van der Waals surface area contributed by atoms with Gasteiger partial charge in [-0.3, -0.25) is 9.69 Å². The van der Waals surface area contributed by atoms with Crippen LogP contribution in [0.4, 0.5) is 0 Å². The van der Waals surface area contributed by atoms with Crippen molar-refractivity contribution < 1.29 is 9.53 Å². The van der Waals surface area contributed by atoms with Crippen LogP contribution in [0, 0.1) is 0 Å². The fourth-order valence-electron chi connectivity index (χ4n) is 2.61. The first-order valence-electron chi connectivity index (χ1n) is 6.56. The van der Waals surface area contributed by atoms with Crippen molar-refractivity contribution in [2.24, 2.45) is 0 Å². The summed E-state index contributed by atoms with van der Waals surface area (Å²) in [7, 11) is 0. The molecule has 2 rings (SSSR count).